The molecule has 28 heavy (non-hydrogen) atoms. The van der Waals surface area contributed by atoms with Gasteiger partial charge in [-0.2, -0.15) is 4.68 Å². The lowest BCUT2D eigenvalue weighted by Gasteiger charge is -2.17. The number of phenols is 1. The van der Waals surface area contributed by atoms with Crippen LogP contribution in [0.15, 0.2) is 42.6 Å². The van der Waals surface area contributed by atoms with Crippen LogP contribution in [-0.2, 0) is 4.79 Å². The van der Waals surface area contributed by atoms with Crippen molar-refractivity contribution in [2.75, 3.05) is 11.4 Å². The summed E-state index contributed by atoms with van der Waals surface area (Å²) in [6.07, 6.45) is 2.08. The lowest BCUT2D eigenvalue weighted by Crippen LogP contribution is -2.24. The molecule has 1 saturated heterocycles. The highest BCUT2D eigenvalue weighted by Crippen LogP contribution is 2.33. The highest BCUT2D eigenvalue weighted by molar-refractivity contribution is 5.96. The second-order valence-electron chi connectivity index (χ2n) is 7.46. The standard InChI is InChI=1S/C21H23N5O2/c1-13(2)19-23-21(26(24-19)20-14(3)6-5-9-22-20)15-10-18(28)25(12-15)16-7-4-8-17(27)11-16/h4-9,11,13,15,27H,10,12H2,1-3H3/t15-/m1/s1. The zero-order valence-corrected chi connectivity index (χ0v) is 16.2. The van der Waals surface area contributed by atoms with Crippen molar-refractivity contribution in [1.29, 1.82) is 0 Å². The summed E-state index contributed by atoms with van der Waals surface area (Å²) in [6, 6.07) is 10.6. The van der Waals surface area contributed by atoms with Gasteiger partial charge >= 0.3 is 0 Å². The fourth-order valence-electron chi connectivity index (χ4n) is 3.50. The predicted octanol–water partition coefficient (Wildman–Crippen LogP) is 3.32. The van der Waals surface area contributed by atoms with Gasteiger partial charge < -0.3 is 10.0 Å². The molecule has 1 aliphatic rings. The maximum Gasteiger partial charge on any atom is 0.227 e. The van der Waals surface area contributed by atoms with Crippen molar-refractivity contribution in [3.8, 4) is 11.6 Å². The molecule has 0 unspecified atom stereocenters. The SMILES string of the molecule is Cc1cccnc1-n1nc(C(C)C)nc1[C@@H]1CC(=O)N(c2cccc(O)c2)C1. The number of carbonyl (C=O) groups is 1. The molecule has 3 aromatic rings. The lowest BCUT2D eigenvalue weighted by molar-refractivity contribution is -0.117. The van der Waals surface area contributed by atoms with E-state index in [4.69, 9.17) is 10.1 Å². The Kier molecular flexibility index (Phi) is 4.58. The van der Waals surface area contributed by atoms with E-state index < -0.39 is 0 Å². The number of amides is 1. The summed E-state index contributed by atoms with van der Waals surface area (Å²) in [5.41, 5.74) is 1.69. The van der Waals surface area contributed by atoms with Crippen LogP contribution in [0.5, 0.6) is 5.75 Å². The molecule has 7 heteroatoms. The first kappa shape index (κ1) is 18.2. The van der Waals surface area contributed by atoms with Gasteiger partial charge in [0.15, 0.2) is 11.6 Å². The maximum atomic E-state index is 12.7. The fraction of sp³-hybridized carbons (Fsp3) is 0.333. The normalized spacial score (nSPS) is 16.9. The van der Waals surface area contributed by atoms with Gasteiger partial charge in [0.2, 0.25) is 5.91 Å². The van der Waals surface area contributed by atoms with E-state index in [1.165, 1.54) is 0 Å². The number of pyridine rings is 1. The summed E-state index contributed by atoms with van der Waals surface area (Å²) in [7, 11) is 0. The van der Waals surface area contributed by atoms with Crippen molar-refractivity contribution >= 4 is 11.6 Å². The van der Waals surface area contributed by atoms with Crippen LogP contribution in [0.4, 0.5) is 5.69 Å². The highest BCUT2D eigenvalue weighted by Gasteiger charge is 2.36. The molecule has 4 rings (SSSR count). The van der Waals surface area contributed by atoms with Crippen LogP contribution in [0.25, 0.3) is 5.82 Å². The number of aryl methyl sites for hydroxylation is 1. The molecule has 3 heterocycles. The van der Waals surface area contributed by atoms with Crippen LogP contribution >= 0.6 is 0 Å². The Labute approximate surface area is 163 Å². The minimum atomic E-state index is -0.101. The fourth-order valence-corrected chi connectivity index (χ4v) is 3.50. The first-order valence-corrected chi connectivity index (χ1v) is 9.42. The number of rotatable bonds is 4. The molecule has 0 spiro atoms. The van der Waals surface area contributed by atoms with Gasteiger partial charge in [-0.3, -0.25) is 4.79 Å². The predicted molar refractivity (Wildman–Crippen MR) is 106 cm³/mol. The zero-order valence-electron chi connectivity index (χ0n) is 16.2. The minimum Gasteiger partial charge on any atom is -0.508 e. The highest BCUT2D eigenvalue weighted by atomic mass is 16.3. The number of hydrogen-bond acceptors (Lipinski definition) is 5. The summed E-state index contributed by atoms with van der Waals surface area (Å²) in [4.78, 5) is 23.7. The molecule has 1 aliphatic heterocycles. The molecule has 1 amide bonds. The topological polar surface area (TPSA) is 84.1 Å². The van der Waals surface area contributed by atoms with Crippen LogP contribution in [0, 0.1) is 6.92 Å². The third-order valence-electron chi connectivity index (χ3n) is 4.98. The lowest BCUT2D eigenvalue weighted by atomic mass is 10.1. The summed E-state index contributed by atoms with van der Waals surface area (Å²) in [5, 5.41) is 14.5. The molecule has 1 fully saturated rings. The Balaban J connectivity index is 1.73. The smallest absolute Gasteiger partial charge is 0.227 e. The van der Waals surface area contributed by atoms with E-state index in [2.05, 4.69) is 4.98 Å². The van der Waals surface area contributed by atoms with Crippen LogP contribution in [0.2, 0.25) is 0 Å². The summed E-state index contributed by atoms with van der Waals surface area (Å²) < 4.78 is 1.79. The molecule has 144 valence electrons. The average Bonchev–Trinajstić information content (AvgIpc) is 3.26. The average molecular weight is 377 g/mol. The first-order chi connectivity index (χ1) is 13.4. The molecule has 1 N–H and O–H groups in total. The van der Waals surface area contributed by atoms with Crippen LogP contribution in [-0.4, -0.2) is 37.3 Å². The summed E-state index contributed by atoms with van der Waals surface area (Å²) >= 11 is 0. The molecule has 0 radical (unpaired) electrons. The van der Waals surface area contributed by atoms with Gasteiger partial charge in [-0.1, -0.05) is 26.0 Å². The van der Waals surface area contributed by atoms with Gasteiger partial charge in [0.05, 0.1) is 0 Å². The molecule has 7 nitrogen and oxygen atoms in total. The molecule has 2 aromatic heterocycles. The van der Waals surface area contributed by atoms with Gasteiger partial charge in [-0.25, -0.2) is 9.97 Å². The van der Waals surface area contributed by atoms with Crippen molar-refractivity contribution in [2.45, 2.75) is 39.0 Å². The Hall–Kier alpha value is -3.22. The second-order valence-corrected chi connectivity index (χ2v) is 7.46. The largest absolute Gasteiger partial charge is 0.508 e. The Morgan fingerprint density at radius 3 is 2.75 bits per heavy atom. The number of carbonyl (C=O) groups excluding carboxylic acids is 1. The van der Waals surface area contributed by atoms with Crippen LogP contribution in [0.1, 0.15) is 49.3 Å². The van der Waals surface area contributed by atoms with Crippen molar-refractivity contribution in [3.63, 3.8) is 0 Å². The Morgan fingerprint density at radius 1 is 1.21 bits per heavy atom. The van der Waals surface area contributed by atoms with Crippen molar-refractivity contribution in [3.05, 3.63) is 59.8 Å². The third kappa shape index (κ3) is 3.24. The molecule has 0 saturated carbocycles. The molecule has 0 aliphatic carbocycles. The first-order valence-electron chi connectivity index (χ1n) is 9.42. The number of aromatic hydroxyl groups is 1. The number of phenolic OH excluding ortho intramolecular Hbond substituents is 1. The van der Waals surface area contributed by atoms with Crippen molar-refractivity contribution in [1.82, 2.24) is 19.7 Å². The quantitative estimate of drug-likeness (QED) is 0.754. The number of benzene rings is 1. The van der Waals surface area contributed by atoms with Gasteiger partial charge in [0.1, 0.15) is 11.6 Å². The molecular formula is C21H23N5O2. The molecule has 1 aromatic carbocycles. The number of nitrogens with zero attached hydrogens (tertiary/aromatic N) is 5. The monoisotopic (exact) mass is 377 g/mol. The van der Waals surface area contributed by atoms with Gasteiger partial charge in [-0.15, -0.1) is 5.10 Å². The molecule has 1 atom stereocenters. The summed E-state index contributed by atoms with van der Waals surface area (Å²) in [6.45, 7) is 6.58. The molecular weight excluding hydrogens is 354 g/mol. The zero-order chi connectivity index (χ0) is 19.8. The van der Waals surface area contributed by atoms with Crippen molar-refractivity contribution in [2.24, 2.45) is 0 Å². The van der Waals surface area contributed by atoms with E-state index in [0.717, 1.165) is 23.0 Å². The Bertz CT molecular complexity index is 1030. The minimum absolute atomic E-state index is 0.00832. The van der Waals surface area contributed by atoms with E-state index in [9.17, 15) is 9.90 Å². The van der Waals surface area contributed by atoms with Crippen molar-refractivity contribution < 1.29 is 9.90 Å². The second kappa shape index (κ2) is 7.07. The van der Waals surface area contributed by atoms with Gasteiger partial charge in [0, 0.05) is 42.8 Å². The van der Waals surface area contributed by atoms with E-state index in [1.807, 2.05) is 39.0 Å². The number of anilines is 1. The van der Waals surface area contributed by atoms with E-state index >= 15 is 0 Å². The maximum absolute atomic E-state index is 12.7. The van der Waals surface area contributed by atoms with E-state index in [0.29, 0.717) is 18.7 Å². The third-order valence-corrected chi connectivity index (χ3v) is 4.98. The van der Waals surface area contributed by atoms with E-state index in [-0.39, 0.29) is 23.5 Å². The number of aromatic nitrogens is 4. The van der Waals surface area contributed by atoms with Gasteiger partial charge in [0.25, 0.3) is 0 Å². The number of hydrogen-bond donors (Lipinski definition) is 1. The van der Waals surface area contributed by atoms with E-state index in [1.54, 1.807) is 34.0 Å². The van der Waals surface area contributed by atoms with Crippen LogP contribution < -0.4 is 4.90 Å². The van der Waals surface area contributed by atoms with Crippen LogP contribution in [0.3, 0.4) is 0 Å². The Morgan fingerprint density at radius 2 is 2.04 bits per heavy atom. The molecule has 0 bridgehead atoms. The summed E-state index contributed by atoms with van der Waals surface area (Å²) in [5.74, 6) is 2.45. The van der Waals surface area contributed by atoms with Gasteiger partial charge in [-0.05, 0) is 30.7 Å².